The summed E-state index contributed by atoms with van der Waals surface area (Å²) in [4.78, 5) is 43.6. The van der Waals surface area contributed by atoms with Gasteiger partial charge in [-0.15, -0.1) is 0 Å². The molecule has 3 rings (SSSR count). The Labute approximate surface area is 199 Å². The molecule has 4 amide bonds. The third-order valence-electron chi connectivity index (χ3n) is 5.87. The number of carbonyl (C=O) groups excluding carboxylic acids is 3. The monoisotopic (exact) mass is 477 g/mol. The maximum atomic E-state index is 13.1. The fourth-order valence-corrected chi connectivity index (χ4v) is 4.39. The quantitative estimate of drug-likeness (QED) is 0.614. The van der Waals surface area contributed by atoms with Crippen LogP contribution in [-0.2, 0) is 9.53 Å². The zero-order valence-electron chi connectivity index (χ0n) is 19.4. The Balaban J connectivity index is 1.93. The number of benzene rings is 1. The number of nitrogens with zero attached hydrogens (tertiary/aromatic N) is 3. The molecular weight excluding hydrogens is 446 g/mol. The van der Waals surface area contributed by atoms with Crippen molar-refractivity contribution in [2.45, 2.75) is 26.3 Å². The largest absolute Gasteiger partial charge is 0.463 e. The van der Waals surface area contributed by atoms with Crippen LogP contribution in [0.2, 0.25) is 5.02 Å². The number of rotatable bonds is 6. The molecule has 9 nitrogen and oxygen atoms in total. The molecule has 2 heterocycles. The molecule has 0 radical (unpaired) electrons. The summed E-state index contributed by atoms with van der Waals surface area (Å²) in [6.45, 7) is 7.41. The Morgan fingerprint density at radius 3 is 2.64 bits per heavy atom. The summed E-state index contributed by atoms with van der Waals surface area (Å²) < 4.78 is 5.38. The molecule has 1 aromatic rings. The highest BCUT2D eigenvalue weighted by molar-refractivity contribution is 6.31. The molecule has 0 aromatic heterocycles. The summed E-state index contributed by atoms with van der Waals surface area (Å²) in [5.74, 6) is -0.483. The molecule has 0 spiro atoms. The molecule has 10 heteroatoms. The van der Waals surface area contributed by atoms with Gasteiger partial charge in [-0.25, -0.2) is 14.4 Å². The van der Waals surface area contributed by atoms with Crippen molar-refractivity contribution in [2.24, 2.45) is 0 Å². The van der Waals surface area contributed by atoms with Crippen LogP contribution >= 0.6 is 11.6 Å². The molecule has 1 fully saturated rings. The molecule has 1 atom stereocenters. The van der Waals surface area contributed by atoms with Gasteiger partial charge in [0, 0.05) is 57.0 Å². The van der Waals surface area contributed by atoms with E-state index in [-0.39, 0.29) is 18.7 Å². The van der Waals surface area contributed by atoms with Gasteiger partial charge in [0.2, 0.25) is 0 Å². The number of hydrogen-bond acceptors (Lipinski definition) is 5. The number of nitrogens with one attached hydrogen (secondary N) is 2. The summed E-state index contributed by atoms with van der Waals surface area (Å²) in [6, 6.07) is 6.05. The molecular formula is C23H32ClN5O4. The van der Waals surface area contributed by atoms with Crippen LogP contribution in [-0.4, -0.2) is 85.7 Å². The van der Waals surface area contributed by atoms with Crippen molar-refractivity contribution in [3.8, 4) is 0 Å². The van der Waals surface area contributed by atoms with Gasteiger partial charge in [0.05, 0.1) is 18.2 Å². The standard InChI is InChI=1S/C23H32ClN5O4/c1-4-25-22(31)29-12-8-11-28(13-14-29)15-18-19(21(30)33-5-2)20(26-23(32)27(18)3)16-9-6-7-10-17(16)24/h6-7,9-10,20H,4-5,8,11-15H2,1-3H3,(H,25,31)(H,26,32). The first kappa shape index (κ1) is 24.9. The summed E-state index contributed by atoms with van der Waals surface area (Å²) >= 11 is 6.43. The van der Waals surface area contributed by atoms with Crippen LogP contribution in [0.3, 0.4) is 0 Å². The number of hydrogen-bond donors (Lipinski definition) is 2. The normalized spacial score (nSPS) is 19.8. The number of amides is 4. The lowest BCUT2D eigenvalue weighted by Gasteiger charge is -2.36. The third-order valence-corrected chi connectivity index (χ3v) is 6.21. The van der Waals surface area contributed by atoms with E-state index >= 15 is 0 Å². The fourth-order valence-electron chi connectivity index (χ4n) is 4.15. The molecule has 180 valence electrons. The highest BCUT2D eigenvalue weighted by atomic mass is 35.5. The maximum Gasteiger partial charge on any atom is 0.338 e. The van der Waals surface area contributed by atoms with Crippen molar-refractivity contribution in [3.05, 3.63) is 46.1 Å². The van der Waals surface area contributed by atoms with Crippen LogP contribution in [0.5, 0.6) is 0 Å². The minimum absolute atomic E-state index is 0.0706. The van der Waals surface area contributed by atoms with E-state index in [4.69, 9.17) is 16.3 Å². The van der Waals surface area contributed by atoms with Crippen molar-refractivity contribution in [3.63, 3.8) is 0 Å². The Kier molecular flexibility index (Phi) is 8.57. The second-order valence-corrected chi connectivity index (χ2v) is 8.40. The van der Waals surface area contributed by atoms with Crippen molar-refractivity contribution >= 4 is 29.6 Å². The number of likely N-dealkylation sites (N-methyl/N-ethyl adjacent to an activating group) is 1. The van der Waals surface area contributed by atoms with Crippen LogP contribution in [0.15, 0.2) is 35.5 Å². The van der Waals surface area contributed by atoms with E-state index < -0.39 is 12.0 Å². The lowest BCUT2D eigenvalue weighted by Crippen LogP contribution is -2.49. The van der Waals surface area contributed by atoms with Crippen molar-refractivity contribution in [1.82, 2.24) is 25.3 Å². The van der Waals surface area contributed by atoms with Crippen LogP contribution in [0, 0.1) is 0 Å². The van der Waals surface area contributed by atoms with Gasteiger partial charge < -0.3 is 20.3 Å². The van der Waals surface area contributed by atoms with Crippen molar-refractivity contribution in [2.75, 3.05) is 52.9 Å². The first-order valence-electron chi connectivity index (χ1n) is 11.3. The average Bonchev–Trinajstić information content (AvgIpc) is 3.03. The summed E-state index contributed by atoms with van der Waals surface area (Å²) in [7, 11) is 1.64. The Hall–Kier alpha value is -2.78. The molecule has 0 aliphatic carbocycles. The zero-order chi connectivity index (χ0) is 24.0. The minimum Gasteiger partial charge on any atom is -0.463 e. The maximum absolute atomic E-state index is 13.1. The minimum atomic E-state index is -0.713. The van der Waals surface area contributed by atoms with E-state index in [0.29, 0.717) is 54.6 Å². The summed E-state index contributed by atoms with van der Waals surface area (Å²) in [5.41, 5.74) is 1.59. The number of ether oxygens (including phenoxy) is 1. The molecule has 33 heavy (non-hydrogen) atoms. The zero-order valence-corrected chi connectivity index (χ0v) is 20.2. The summed E-state index contributed by atoms with van der Waals surface area (Å²) in [6.07, 6.45) is 0.795. The van der Waals surface area contributed by atoms with Gasteiger partial charge in [-0.3, -0.25) is 9.80 Å². The second-order valence-electron chi connectivity index (χ2n) is 8.00. The van der Waals surface area contributed by atoms with Crippen LogP contribution < -0.4 is 10.6 Å². The van der Waals surface area contributed by atoms with Crippen LogP contribution in [0.4, 0.5) is 9.59 Å². The fraction of sp³-hybridized carbons (Fsp3) is 0.522. The van der Waals surface area contributed by atoms with Crippen molar-refractivity contribution in [1.29, 1.82) is 0 Å². The summed E-state index contributed by atoms with van der Waals surface area (Å²) in [5, 5.41) is 6.19. The van der Waals surface area contributed by atoms with Gasteiger partial charge in [-0.1, -0.05) is 29.8 Å². The van der Waals surface area contributed by atoms with Gasteiger partial charge in [0.25, 0.3) is 0 Å². The molecule has 1 unspecified atom stereocenters. The number of urea groups is 2. The van der Waals surface area contributed by atoms with E-state index in [1.807, 2.05) is 13.0 Å². The smallest absolute Gasteiger partial charge is 0.338 e. The van der Waals surface area contributed by atoms with Crippen molar-refractivity contribution < 1.29 is 19.1 Å². The van der Waals surface area contributed by atoms with Gasteiger partial charge in [0.15, 0.2) is 0 Å². The number of esters is 1. The molecule has 1 saturated heterocycles. The highest BCUT2D eigenvalue weighted by Crippen LogP contribution is 2.34. The van der Waals surface area contributed by atoms with Gasteiger partial charge in [-0.2, -0.15) is 0 Å². The predicted octanol–water partition coefficient (Wildman–Crippen LogP) is 2.59. The molecule has 2 aliphatic heterocycles. The number of halogens is 1. The molecule has 0 saturated carbocycles. The Morgan fingerprint density at radius 2 is 1.94 bits per heavy atom. The predicted molar refractivity (Wildman–Crippen MR) is 126 cm³/mol. The second kappa shape index (κ2) is 11.4. The molecule has 1 aromatic carbocycles. The van der Waals surface area contributed by atoms with Gasteiger partial charge in [-0.05, 0) is 31.9 Å². The SMILES string of the molecule is CCNC(=O)N1CCCN(CC2=C(C(=O)OCC)C(c3ccccc3Cl)NC(=O)N2C)CC1. The lowest BCUT2D eigenvalue weighted by atomic mass is 9.94. The van der Waals surface area contributed by atoms with Crippen LogP contribution in [0.1, 0.15) is 31.9 Å². The number of carbonyl (C=O) groups is 3. The van der Waals surface area contributed by atoms with Gasteiger partial charge in [0.1, 0.15) is 0 Å². The molecule has 2 aliphatic rings. The van der Waals surface area contributed by atoms with Gasteiger partial charge >= 0.3 is 18.0 Å². The lowest BCUT2D eigenvalue weighted by molar-refractivity contribution is -0.139. The molecule has 2 N–H and O–H groups in total. The van der Waals surface area contributed by atoms with E-state index in [2.05, 4.69) is 15.5 Å². The first-order valence-corrected chi connectivity index (χ1v) is 11.7. The Bertz CT molecular complexity index is 922. The molecule has 0 bridgehead atoms. The Morgan fingerprint density at radius 1 is 1.18 bits per heavy atom. The highest BCUT2D eigenvalue weighted by Gasteiger charge is 2.38. The van der Waals surface area contributed by atoms with E-state index in [1.54, 1.807) is 37.1 Å². The average molecular weight is 478 g/mol. The third kappa shape index (κ3) is 5.78. The van der Waals surface area contributed by atoms with Crippen LogP contribution in [0.25, 0.3) is 0 Å². The van der Waals surface area contributed by atoms with E-state index in [1.165, 1.54) is 4.90 Å². The van der Waals surface area contributed by atoms with E-state index in [9.17, 15) is 14.4 Å². The topological polar surface area (TPSA) is 94.2 Å². The first-order chi connectivity index (χ1) is 15.9. The van der Waals surface area contributed by atoms with E-state index in [0.717, 1.165) is 13.0 Å².